The Bertz CT molecular complexity index is 1540. The zero-order valence-electron chi connectivity index (χ0n) is 20.5. The van der Waals surface area contributed by atoms with Crippen molar-refractivity contribution in [3.63, 3.8) is 0 Å². The summed E-state index contributed by atoms with van der Waals surface area (Å²) >= 11 is 12.1. The number of carbonyl (C=O) groups excluding carboxylic acids is 4. The lowest BCUT2D eigenvalue weighted by atomic mass is 9.81. The van der Waals surface area contributed by atoms with Gasteiger partial charge in [0.25, 0.3) is 5.91 Å². The molecule has 5 rings (SSSR count). The number of benzene rings is 2. The first-order valence-electron chi connectivity index (χ1n) is 12.2. The molecule has 13 heteroatoms. The molecule has 1 saturated heterocycles. The summed E-state index contributed by atoms with van der Waals surface area (Å²) in [6, 6.07) is 5.73. The number of aliphatic hydroxyl groups excluding tert-OH is 1. The van der Waals surface area contributed by atoms with E-state index in [9.17, 15) is 37.5 Å². The number of nitrogens with zero attached hydrogens (tertiary/aromatic N) is 2. The first-order valence-corrected chi connectivity index (χ1v) is 12.9. The molecule has 0 spiro atoms. The molecule has 2 N–H and O–H groups in total. The SMILES string of the molecule is O=C1CCC(N2Cc3c(N=CC4=C(O)CC(c5c(C(F)(F)F)ccc(Cl)c5Cl)CC4=O)cccc3C2=O)C(=O)N1. The highest BCUT2D eigenvalue weighted by Crippen LogP contribution is 2.46. The maximum absolute atomic E-state index is 13.7. The molecule has 3 amide bonds. The van der Waals surface area contributed by atoms with Crippen molar-refractivity contribution in [2.24, 2.45) is 4.99 Å². The minimum Gasteiger partial charge on any atom is -0.511 e. The number of imide groups is 1. The number of piperidine rings is 1. The topological polar surface area (TPSA) is 116 Å². The molecule has 2 aliphatic heterocycles. The Morgan fingerprint density at radius 2 is 1.82 bits per heavy atom. The summed E-state index contributed by atoms with van der Waals surface area (Å²) in [7, 11) is 0. The van der Waals surface area contributed by atoms with Crippen molar-refractivity contribution in [1.29, 1.82) is 0 Å². The highest BCUT2D eigenvalue weighted by Gasteiger charge is 2.41. The van der Waals surface area contributed by atoms with E-state index in [1.165, 1.54) is 4.90 Å². The van der Waals surface area contributed by atoms with Gasteiger partial charge < -0.3 is 10.0 Å². The van der Waals surface area contributed by atoms with Crippen LogP contribution in [0.2, 0.25) is 10.0 Å². The number of hydrogen-bond acceptors (Lipinski definition) is 6. The van der Waals surface area contributed by atoms with E-state index in [0.29, 0.717) is 16.8 Å². The van der Waals surface area contributed by atoms with Gasteiger partial charge in [0, 0.05) is 49.1 Å². The minimum atomic E-state index is -4.75. The standard InChI is InChI=1S/C27H20Cl2F3N3O5/c28-17-5-4-16(27(30,31)32)23(24(17)29)12-8-20(36)14(21(37)9-12)10-33-18-3-1-2-13-15(18)11-35(26(13)40)19-6-7-22(38)34-25(19)39/h1-5,10,12,19,36H,6-9,11H2,(H,34,38,39). The molecule has 2 unspecified atom stereocenters. The third-order valence-electron chi connectivity index (χ3n) is 7.22. The average molecular weight is 594 g/mol. The van der Waals surface area contributed by atoms with Gasteiger partial charge >= 0.3 is 6.18 Å². The molecule has 1 fully saturated rings. The van der Waals surface area contributed by atoms with Crippen LogP contribution in [0.4, 0.5) is 18.9 Å². The molecule has 2 heterocycles. The van der Waals surface area contributed by atoms with Gasteiger partial charge in [0.1, 0.15) is 11.8 Å². The zero-order chi connectivity index (χ0) is 28.9. The van der Waals surface area contributed by atoms with Gasteiger partial charge in [0.2, 0.25) is 11.8 Å². The lowest BCUT2D eigenvalue weighted by molar-refractivity contribution is -0.139. The maximum Gasteiger partial charge on any atom is 0.416 e. The van der Waals surface area contributed by atoms with Gasteiger partial charge in [-0.15, -0.1) is 0 Å². The number of fused-ring (bicyclic) bond motifs is 1. The number of aliphatic imine (C=N–C) groups is 1. The number of carbonyl (C=O) groups is 4. The molecule has 2 atom stereocenters. The first-order chi connectivity index (χ1) is 18.9. The van der Waals surface area contributed by atoms with Crippen LogP contribution in [0.5, 0.6) is 0 Å². The van der Waals surface area contributed by atoms with Crippen LogP contribution in [0, 0.1) is 0 Å². The molecule has 2 aromatic carbocycles. The van der Waals surface area contributed by atoms with Crippen LogP contribution in [0.3, 0.4) is 0 Å². The van der Waals surface area contributed by atoms with E-state index < -0.39 is 53.0 Å². The monoisotopic (exact) mass is 593 g/mol. The van der Waals surface area contributed by atoms with Crippen LogP contribution in [-0.4, -0.2) is 45.8 Å². The Morgan fingerprint density at radius 3 is 2.50 bits per heavy atom. The number of hydrogen-bond donors (Lipinski definition) is 2. The van der Waals surface area contributed by atoms with Crippen molar-refractivity contribution in [2.45, 2.75) is 50.4 Å². The normalized spacial score (nSPS) is 21.9. The van der Waals surface area contributed by atoms with Crippen LogP contribution in [-0.2, 0) is 27.1 Å². The Labute approximate surface area is 235 Å². The van der Waals surface area contributed by atoms with Crippen molar-refractivity contribution >= 4 is 58.6 Å². The molecule has 2 aromatic rings. The van der Waals surface area contributed by atoms with E-state index in [0.717, 1.165) is 18.3 Å². The number of nitrogens with one attached hydrogen (secondary N) is 1. The van der Waals surface area contributed by atoms with Gasteiger partial charge in [-0.1, -0.05) is 29.3 Å². The summed E-state index contributed by atoms with van der Waals surface area (Å²) in [5.41, 5.74) is -0.446. The fourth-order valence-corrected chi connectivity index (χ4v) is 5.78. The molecule has 208 valence electrons. The zero-order valence-corrected chi connectivity index (χ0v) is 22.0. The van der Waals surface area contributed by atoms with Crippen molar-refractivity contribution in [1.82, 2.24) is 10.2 Å². The van der Waals surface area contributed by atoms with E-state index >= 15 is 0 Å². The molecule has 1 aliphatic carbocycles. The number of ketones is 1. The predicted molar refractivity (Wildman–Crippen MR) is 139 cm³/mol. The van der Waals surface area contributed by atoms with Crippen LogP contribution in [0.25, 0.3) is 0 Å². The molecular weight excluding hydrogens is 574 g/mol. The van der Waals surface area contributed by atoms with Gasteiger partial charge in [-0.2, -0.15) is 13.2 Å². The van der Waals surface area contributed by atoms with Crippen molar-refractivity contribution in [3.05, 3.63) is 74.0 Å². The van der Waals surface area contributed by atoms with Crippen molar-refractivity contribution in [2.75, 3.05) is 0 Å². The van der Waals surface area contributed by atoms with Gasteiger partial charge in [-0.05, 0) is 36.2 Å². The van der Waals surface area contributed by atoms with Crippen LogP contribution >= 0.6 is 23.2 Å². The van der Waals surface area contributed by atoms with Crippen LogP contribution in [0.15, 0.2) is 46.7 Å². The molecule has 0 aromatic heterocycles. The van der Waals surface area contributed by atoms with Crippen LogP contribution < -0.4 is 5.32 Å². The fourth-order valence-electron chi connectivity index (χ4n) is 5.30. The third-order valence-corrected chi connectivity index (χ3v) is 8.04. The van der Waals surface area contributed by atoms with E-state index in [4.69, 9.17) is 23.2 Å². The summed E-state index contributed by atoms with van der Waals surface area (Å²) in [5, 5.41) is 12.5. The smallest absolute Gasteiger partial charge is 0.416 e. The number of rotatable bonds is 4. The Kier molecular flexibility index (Phi) is 7.22. The predicted octanol–water partition coefficient (Wildman–Crippen LogP) is 5.43. The summed E-state index contributed by atoms with van der Waals surface area (Å²) < 4.78 is 41.0. The quantitative estimate of drug-likeness (QED) is 0.362. The Hall–Kier alpha value is -3.70. The first kappa shape index (κ1) is 27.9. The number of allylic oxidation sites excluding steroid dienone is 2. The van der Waals surface area contributed by atoms with Gasteiger partial charge in [-0.3, -0.25) is 29.5 Å². The largest absolute Gasteiger partial charge is 0.511 e. The highest BCUT2D eigenvalue weighted by atomic mass is 35.5. The maximum atomic E-state index is 13.7. The summed E-state index contributed by atoms with van der Waals surface area (Å²) in [5.74, 6) is -3.53. The van der Waals surface area contributed by atoms with E-state index in [1.807, 2.05) is 0 Å². The summed E-state index contributed by atoms with van der Waals surface area (Å²) in [4.78, 5) is 55.5. The highest BCUT2D eigenvalue weighted by molar-refractivity contribution is 6.42. The van der Waals surface area contributed by atoms with Crippen molar-refractivity contribution < 1.29 is 37.5 Å². The summed E-state index contributed by atoms with van der Waals surface area (Å²) in [6.45, 7) is 0.0441. The van der Waals surface area contributed by atoms with Gasteiger partial charge in [0.15, 0.2) is 5.78 Å². The fraction of sp³-hybridized carbons (Fsp3) is 0.296. The number of alkyl halides is 3. The second-order valence-electron chi connectivity index (χ2n) is 9.67. The second-order valence-corrected chi connectivity index (χ2v) is 10.5. The van der Waals surface area contributed by atoms with Gasteiger partial charge in [0.05, 0.1) is 26.9 Å². The molecule has 0 bridgehead atoms. The summed E-state index contributed by atoms with van der Waals surface area (Å²) in [6.07, 6.45) is -4.02. The number of Topliss-reactive ketones (excluding diaryl/α,β-unsaturated/α-hetero) is 1. The molecule has 8 nitrogen and oxygen atoms in total. The second kappa shape index (κ2) is 10.4. The average Bonchev–Trinajstić information content (AvgIpc) is 3.21. The molecular formula is C27H20Cl2F3N3O5. The Balaban J connectivity index is 1.41. The van der Waals surface area contributed by atoms with E-state index in [1.54, 1.807) is 18.2 Å². The molecule has 0 saturated carbocycles. The third kappa shape index (κ3) is 4.99. The number of aliphatic hydroxyl groups is 1. The van der Waals surface area contributed by atoms with Crippen molar-refractivity contribution in [3.8, 4) is 0 Å². The molecule has 40 heavy (non-hydrogen) atoms. The molecule has 3 aliphatic rings. The minimum absolute atomic E-state index is 0.0441. The van der Waals surface area contributed by atoms with E-state index in [-0.39, 0.29) is 53.4 Å². The number of halogens is 5. The number of amides is 3. The van der Waals surface area contributed by atoms with Gasteiger partial charge in [-0.25, -0.2) is 0 Å². The van der Waals surface area contributed by atoms with Crippen LogP contribution in [0.1, 0.15) is 58.6 Å². The lowest BCUT2D eigenvalue weighted by Crippen LogP contribution is -2.52. The Morgan fingerprint density at radius 1 is 1.07 bits per heavy atom. The molecule has 0 radical (unpaired) electrons. The van der Waals surface area contributed by atoms with E-state index in [2.05, 4.69) is 10.3 Å². The lowest BCUT2D eigenvalue weighted by Gasteiger charge is -2.29.